The lowest BCUT2D eigenvalue weighted by molar-refractivity contribution is 0.212. The van der Waals surface area contributed by atoms with Crippen LogP contribution in [-0.4, -0.2) is 6.04 Å². The quantitative estimate of drug-likeness (QED) is 0.660. The zero-order chi connectivity index (χ0) is 14.0. The Kier molecular flexibility index (Phi) is 5.36. The average Bonchev–Trinajstić information content (AvgIpc) is 2.32. The lowest BCUT2D eigenvalue weighted by Crippen LogP contribution is -2.37. The number of nitrogens with one attached hydrogen (secondary N) is 1. The van der Waals surface area contributed by atoms with E-state index in [0.29, 0.717) is 6.04 Å². The van der Waals surface area contributed by atoms with Gasteiger partial charge in [-0.3, -0.25) is 0 Å². The van der Waals surface area contributed by atoms with Gasteiger partial charge in [-0.05, 0) is 64.7 Å². The van der Waals surface area contributed by atoms with Crippen LogP contribution in [0.5, 0.6) is 0 Å². The molecule has 0 aliphatic heterocycles. The summed E-state index contributed by atoms with van der Waals surface area (Å²) < 4.78 is 2.25. The highest BCUT2D eigenvalue weighted by Gasteiger charge is 2.30. The van der Waals surface area contributed by atoms with Gasteiger partial charge in [0.25, 0.3) is 0 Å². The summed E-state index contributed by atoms with van der Waals surface area (Å²) in [4.78, 5) is 0. The second-order valence-corrected chi connectivity index (χ2v) is 7.97. The van der Waals surface area contributed by atoms with Gasteiger partial charge in [-0.2, -0.15) is 0 Å². The summed E-state index contributed by atoms with van der Waals surface area (Å²) in [6.45, 7) is 7.08. The van der Waals surface area contributed by atoms with Crippen molar-refractivity contribution >= 4 is 37.5 Å². The Bertz CT molecular complexity index is 431. The fourth-order valence-electron chi connectivity index (χ4n) is 3.17. The van der Waals surface area contributed by atoms with Crippen molar-refractivity contribution in [1.82, 2.24) is 0 Å². The van der Waals surface area contributed by atoms with Gasteiger partial charge >= 0.3 is 0 Å². The number of benzene rings is 1. The van der Waals surface area contributed by atoms with Gasteiger partial charge in [0.2, 0.25) is 0 Å². The molecule has 0 saturated heterocycles. The molecule has 1 nitrogen and oxygen atoms in total. The molecule has 3 heteroatoms. The maximum atomic E-state index is 3.77. The highest BCUT2D eigenvalue weighted by Crippen LogP contribution is 2.36. The molecule has 0 amide bonds. The largest absolute Gasteiger partial charge is 0.381 e. The van der Waals surface area contributed by atoms with Gasteiger partial charge in [-0.25, -0.2) is 0 Å². The first-order valence-corrected chi connectivity index (χ1v) is 8.77. The Morgan fingerprint density at radius 1 is 1.21 bits per heavy atom. The normalized spacial score (nSPS) is 27.6. The molecule has 0 radical (unpaired) electrons. The third-order valence-corrected chi connectivity index (χ3v) is 5.44. The molecule has 3 atom stereocenters. The minimum absolute atomic E-state index is 0.598. The molecule has 1 aliphatic carbocycles. The number of halogens is 2. The highest BCUT2D eigenvalue weighted by atomic mass is 79.9. The summed E-state index contributed by atoms with van der Waals surface area (Å²) in [5.41, 5.74) is 1.22. The molecular formula is C16H23Br2N. The first-order valence-electron chi connectivity index (χ1n) is 7.19. The van der Waals surface area contributed by atoms with Crippen molar-refractivity contribution in [2.24, 2.45) is 17.8 Å². The molecule has 3 unspecified atom stereocenters. The maximum absolute atomic E-state index is 3.77. The van der Waals surface area contributed by atoms with Gasteiger partial charge in [0.05, 0.1) is 0 Å². The Morgan fingerprint density at radius 3 is 2.58 bits per heavy atom. The molecule has 106 valence electrons. The second kappa shape index (κ2) is 6.62. The highest BCUT2D eigenvalue weighted by molar-refractivity contribution is 9.11. The van der Waals surface area contributed by atoms with Crippen LogP contribution in [0.15, 0.2) is 27.1 Å². The van der Waals surface area contributed by atoms with Crippen molar-refractivity contribution in [3.63, 3.8) is 0 Å². The van der Waals surface area contributed by atoms with Crippen molar-refractivity contribution in [2.75, 3.05) is 5.32 Å². The first kappa shape index (κ1) is 15.4. The lowest BCUT2D eigenvalue weighted by atomic mass is 9.74. The smallest absolute Gasteiger partial charge is 0.0487 e. The zero-order valence-corrected chi connectivity index (χ0v) is 15.1. The second-order valence-electron chi connectivity index (χ2n) is 6.20. The van der Waals surface area contributed by atoms with Crippen LogP contribution in [0.4, 0.5) is 5.69 Å². The van der Waals surface area contributed by atoms with Gasteiger partial charge in [0.1, 0.15) is 0 Å². The molecular weight excluding hydrogens is 366 g/mol. The standard InChI is InChI=1S/C16H23Br2N/c1-10(2)13-6-4-11(3)8-16(13)19-15-7-5-12(17)9-14(15)18/h5,7,9-11,13,16,19H,4,6,8H2,1-3H3. The van der Waals surface area contributed by atoms with Gasteiger partial charge in [-0.15, -0.1) is 0 Å². The Hall–Kier alpha value is -0.0200. The molecule has 1 aliphatic rings. The molecule has 1 fully saturated rings. The van der Waals surface area contributed by atoms with Crippen molar-refractivity contribution < 1.29 is 0 Å². The van der Waals surface area contributed by atoms with E-state index in [9.17, 15) is 0 Å². The van der Waals surface area contributed by atoms with E-state index in [1.165, 1.54) is 24.9 Å². The van der Waals surface area contributed by atoms with Crippen LogP contribution in [0.1, 0.15) is 40.0 Å². The van der Waals surface area contributed by atoms with Gasteiger partial charge in [0, 0.05) is 20.7 Å². The van der Waals surface area contributed by atoms with Gasteiger partial charge in [-0.1, -0.05) is 43.1 Å². The van der Waals surface area contributed by atoms with Crippen LogP contribution >= 0.6 is 31.9 Å². The molecule has 0 bridgehead atoms. The number of hydrogen-bond donors (Lipinski definition) is 1. The van der Waals surface area contributed by atoms with Gasteiger partial charge < -0.3 is 5.32 Å². The van der Waals surface area contributed by atoms with E-state index in [4.69, 9.17) is 0 Å². The van der Waals surface area contributed by atoms with Crippen LogP contribution in [0.3, 0.4) is 0 Å². The maximum Gasteiger partial charge on any atom is 0.0487 e. The average molecular weight is 389 g/mol. The minimum Gasteiger partial charge on any atom is -0.381 e. The van der Waals surface area contributed by atoms with Crippen molar-refractivity contribution in [3.05, 3.63) is 27.1 Å². The summed E-state index contributed by atoms with van der Waals surface area (Å²) in [6.07, 6.45) is 4.01. The van der Waals surface area contributed by atoms with Crippen LogP contribution in [0.2, 0.25) is 0 Å². The fraction of sp³-hybridized carbons (Fsp3) is 0.625. The third kappa shape index (κ3) is 3.98. The Labute approximate surface area is 133 Å². The zero-order valence-electron chi connectivity index (χ0n) is 11.9. The lowest BCUT2D eigenvalue weighted by Gasteiger charge is -2.38. The van der Waals surface area contributed by atoms with E-state index in [1.54, 1.807) is 0 Å². The van der Waals surface area contributed by atoms with E-state index < -0.39 is 0 Å². The van der Waals surface area contributed by atoms with Crippen molar-refractivity contribution in [1.29, 1.82) is 0 Å². The van der Waals surface area contributed by atoms with E-state index in [0.717, 1.165) is 26.7 Å². The van der Waals surface area contributed by atoms with Crippen molar-refractivity contribution in [3.8, 4) is 0 Å². The summed E-state index contributed by atoms with van der Waals surface area (Å²) in [7, 11) is 0. The van der Waals surface area contributed by atoms with Gasteiger partial charge in [0.15, 0.2) is 0 Å². The SMILES string of the molecule is CC1CCC(C(C)C)C(Nc2ccc(Br)cc2Br)C1. The van der Waals surface area contributed by atoms with Crippen LogP contribution < -0.4 is 5.32 Å². The molecule has 0 heterocycles. The number of anilines is 1. The first-order chi connectivity index (χ1) is 8.97. The Morgan fingerprint density at radius 2 is 1.95 bits per heavy atom. The van der Waals surface area contributed by atoms with E-state index >= 15 is 0 Å². The predicted molar refractivity (Wildman–Crippen MR) is 90.6 cm³/mol. The number of hydrogen-bond acceptors (Lipinski definition) is 1. The summed E-state index contributed by atoms with van der Waals surface area (Å²) in [5.74, 6) is 2.37. The van der Waals surface area contributed by atoms with Crippen LogP contribution in [0.25, 0.3) is 0 Å². The Balaban J connectivity index is 2.14. The minimum atomic E-state index is 0.598. The van der Waals surface area contributed by atoms with Crippen molar-refractivity contribution in [2.45, 2.75) is 46.1 Å². The molecule has 2 rings (SSSR count). The third-order valence-electron chi connectivity index (χ3n) is 4.29. The molecule has 0 aromatic heterocycles. The summed E-state index contributed by atoms with van der Waals surface area (Å²) in [5, 5.41) is 3.77. The van der Waals surface area contributed by atoms with E-state index in [1.807, 2.05) is 0 Å². The molecule has 1 saturated carbocycles. The number of rotatable bonds is 3. The fourth-order valence-corrected chi connectivity index (χ4v) is 4.34. The van der Waals surface area contributed by atoms with Crippen LogP contribution in [-0.2, 0) is 0 Å². The molecule has 1 aromatic carbocycles. The van der Waals surface area contributed by atoms with E-state index in [-0.39, 0.29) is 0 Å². The summed E-state index contributed by atoms with van der Waals surface area (Å²) >= 11 is 7.16. The molecule has 1 aromatic rings. The monoisotopic (exact) mass is 387 g/mol. The topological polar surface area (TPSA) is 12.0 Å². The van der Waals surface area contributed by atoms with E-state index in [2.05, 4.69) is 76.1 Å². The molecule has 1 N–H and O–H groups in total. The molecule has 0 spiro atoms. The van der Waals surface area contributed by atoms with Crippen LogP contribution in [0, 0.1) is 17.8 Å². The molecule has 19 heavy (non-hydrogen) atoms. The summed E-state index contributed by atoms with van der Waals surface area (Å²) in [6, 6.07) is 6.97. The predicted octanol–water partition coefficient (Wildman–Crippen LogP) is 6.08.